The summed E-state index contributed by atoms with van der Waals surface area (Å²) in [5.74, 6) is 1.24. The highest BCUT2D eigenvalue weighted by molar-refractivity contribution is 7.99. The van der Waals surface area contributed by atoms with Gasteiger partial charge in [0.15, 0.2) is 11.5 Å². The zero-order valence-corrected chi connectivity index (χ0v) is 32.6. The second kappa shape index (κ2) is 17.1. The number of benzene rings is 5. The van der Waals surface area contributed by atoms with E-state index < -0.39 is 17.9 Å². The molecule has 1 heterocycles. The molecule has 0 amide bonds. The van der Waals surface area contributed by atoms with Crippen molar-refractivity contribution in [2.24, 2.45) is 0 Å². The lowest BCUT2D eigenvalue weighted by molar-refractivity contribution is -0.0848. The highest BCUT2D eigenvalue weighted by atomic mass is 32.2. The number of hydrazine groups is 1. The fraction of sp³-hybridized carbons (Fsp3) is 0.333. The molecule has 0 saturated heterocycles. The number of unbranched alkanes of at least 4 members (excludes halogenated alkanes) is 2. The molecule has 1 aliphatic heterocycles. The normalized spacial score (nSPS) is 13.6. The molecule has 0 bridgehead atoms. The van der Waals surface area contributed by atoms with Crippen molar-refractivity contribution in [1.82, 2.24) is 5.01 Å². The summed E-state index contributed by atoms with van der Waals surface area (Å²) < 4.78 is 13.2. The Hall–Kier alpha value is -4.47. The van der Waals surface area contributed by atoms with Crippen LogP contribution in [0.15, 0.2) is 125 Å². The largest absolute Gasteiger partial charge is 0.492 e. The number of hydrogen-bond donors (Lipinski definition) is 2. The lowest BCUT2D eigenvalue weighted by atomic mass is 9.64. The van der Waals surface area contributed by atoms with E-state index in [1.165, 1.54) is 0 Å². The maximum Gasteiger partial charge on any atom is 0.177 e. The second-order valence-electron chi connectivity index (χ2n) is 13.5. The van der Waals surface area contributed by atoms with Crippen molar-refractivity contribution in [2.45, 2.75) is 81.0 Å². The summed E-state index contributed by atoms with van der Waals surface area (Å²) in [5, 5.41) is 26.8. The van der Waals surface area contributed by atoms with E-state index >= 15 is 0 Å². The predicted octanol–water partition coefficient (Wildman–Crippen LogP) is 9.99. The van der Waals surface area contributed by atoms with E-state index in [4.69, 9.17) is 9.47 Å². The number of fused-ring (bicyclic) bond motifs is 2. The van der Waals surface area contributed by atoms with Crippen molar-refractivity contribution < 1.29 is 19.7 Å². The number of rotatable bonds is 16. The van der Waals surface area contributed by atoms with Gasteiger partial charge < -0.3 is 24.6 Å². The fourth-order valence-electron chi connectivity index (χ4n) is 7.85. The van der Waals surface area contributed by atoms with E-state index in [1.54, 1.807) is 44.8 Å². The summed E-state index contributed by atoms with van der Waals surface area (Å²) in [6.45, 7) is 9.45. The molecule has 2 atom stereocenters. The molecule has 278 valence electrons. The van der Waals surface area contributed by atoms with Crippen molar-refractivity contribution in [2.75, 3.05) is 37.2 Å². The first-order valence-electron chi connectivity index (χ1n) is 18.8. The molecule has 53 heavy (non-hydrogen) atoms. The van der Waals surface area contributed by atoms with Crippen LogP contribution >= 0.6 is 11.8 Å². The maximum absolute atomic E-state index is 11.5. The Kier molecular flexibility index (Phi) is 12.4. The highest BCUT2D eigenvalue weighted by Crippen LogP contribution is 2.64. The number of methoxy groups -OCH3 is 2. The molecule has 5 aromatic rings. The average molecular weight is 732 g/mol. The van der Waals surface area contributed by atoms with E-state index in [1.807, 2.05) is 17.1 Å². The van der Waals surface area contributed by atoms with Gasteiger partial charge in [0.2, 0.25) is 0 Å². The summed E-state index contributed by atoms with van der Waals surface area (Å²) in [6, 6.07) is 40.2. The minimum absolute atomic E-state index is 0.597. The summed E-state index contributed by atoms with van der Waals surface area (Å²) in [5.41, 5.74) is 5.92. The van der Waals surface area contributed by atoms with Crippen LogP contribution in [-0.2, 0) is 5.41 Å². The zero-order valence-electron chi connectivity index (χ0n) is 31.8. The molecule has 6 rings (SSSR count). The molecule has 2 unspecified atom stereocenters. The van der Waals surface area contributed by atoms with Gasteiger partial charge in [0.05, 0.1) is 41.6 Å². The van der Waals surface area contributed by atoms with Gasteiger partial charge in [-0.3, -0.25) is 5.01 Å². The molecule has 0 saturated carbocycles. The maximum atomic E-state index is 11.5. The Balaban J connectivity index is 1.93. The zero-order chi connectivity index (χ0) is 37.5. The molecule has 0 spiro atoms. The van der Waals surface area contributed by atoms with Crippen LogP contribution in [0.3, 0.4) is 0 Å². The van der Waals surface area contributed by atoms with Gasteiger partial charge in [0.25, 0.3) is 0 Å². The number of aliphatic hydroxyl groups is 2. The van der Waals surface area contributed by atoms with Gasteiger partial charge in [0.1, 0.15) is 12.5 Å². The summed E-state index contributed by atoms with van der Waals surface area (Å²) >= 11 is 1.63. The minimum Gasteiger partial charge on any atom is -0.492 e. The van der Waals surface area contributed by atoms with Gasteiger partial charge in [-0.1, -0.05) is 142 Å². The minimum atomic E-state index is -1.04. The first-order valence-corrected chi connectivity index (χ1v) is 19.6. The van der Waals surface area contributed by atoms with Crippen molar-refractivity contribution in [3.63, 3.8) is 0 Å². The first-order chi connectivity index (χ1) is 25.8. The predicted molar refractivity (Wildman–Crippen MR) is 218 cm³/mol. The van der Waals surface area contributed by atoms with Gasteiger partial charge in [0, 0.05) is 23.5 Å². The van der Waals surface area contributed by atoms with Gasteiger partial charge in [-0.25, -0.2) is 0 Å². The summed E-state index contributed by atoms with van der Waals surface area (Å²) in [7, 11) is 3.44. The molecule has 0 aromatic heterocycles. The molecule has 5 aromatic carbocycles. The molecule has 7 nitrogen and oxygen atoms in total. The van der Waals surface area contributed by atoms with Crippen molar-refractivity contribution in [3.8, 4) is 11.5 Å². The Morgan fingerprint density at radius 2 is 1.11 bits per heavy atom. The Morgan fingerprint density at radius 3 is 1.55 bits per heavy atom. The molecule has 8 heteroatoms. The van der Waals surface area contributed by atoms with Crippen LogP contribution < -0.4 is 19.4 Å². The molecule has 0 fully saturated rings. The van der Waals surface area contributed by atoms with Gasteiger partial charge in [-0.2, -0.15) is 5.01 Å². The molecule has 1 aliphatic rings. The van der Waals surface area contributed by atoms with Crippen molar-refractivity contribution in [3.05, 3.63) is 138 Å². The van der Waals surface area contributed by atoms with Crippen LogP contribution in [-0.4, -0.2) is 55.0 Å². The molecular weight excluding hydrogens is 679 g/mol. The monoisotopic (exact) mass is 731 g/mol. The van der Waals surface area contributed by atoms with E-state index in [0.29, 0.717) is 11.5 Å². The summed E-state index contributed by atoms with van der Waals surface area (Å²) in [6.07, 6.45) is 1.91. The van der Waals surface area contributed by atoms with Gasteiger partial charge in [-0.15, -0.1) is 0 Å². The lowest BCUT2D eigenvalue weighted by Gasteiger charge is -2.48. The third kappa shape index (κ3) is 7.01. The Labute approximate surface area is 319 Å². The molecule has 0 aliphatic carbocycles. The standard InChI is InChI=1S/C45H53N3O4S/c1-7-9-30-46(31-10-8-2)40-39(45(34-22-14-11-15-23-34,35-24-16-12-17-25-35)36-26-18-13-19-27-36)42(51-5)43(52-6)44-41(40)48(47(32(3)49)33(4)50)37-28-20-21-29-38(37)53-44/h11-29,32-33,49-50H,7-10,30-31H2,1-6H3. The third-order valence-electron chi connectivity index (χ3n) is 10.1. The lowest BCUT2D eigenvalue weighted by Crippen LogP contribution is -2.52. The number of anilines is 3. The van der Waals surface area contributed by atoms with Crippen LogP contribution in [0.25, 0.3) is 0 Å². The Bertz CT molecular complexity index is 1830. The van der Waals surface area contributed by atoms with Crippen LogP contribution in [0.2, 0.25) is 0 Å². The van der Waals surface area contributed by atoms with E-state index in [0.717, 1.165) is 87.9 Å². The van der Waals surface area contributed by atoms with Crippen LogP contribution in [0, 0.1) is 0 Å². The summed E-state index contributed by atoms with van der Waals surface area (Å²) in [4.78, 5) is 4.35. The van der Waals surface area contributed by atoms with Gasteiger partial charge in [-0.05, 0) is 55.5 Å². The second-order valence-corrected chi connectivity index (χ2v) is 14.6. The highest BCUT2D eigenvalue weighted by Gasteiger charge is 2.49. The number of para-hydroxylation sites is 1. The number of aliphatic hydroxyl groups excluding tert-OH is 2. The Morgan fingerprint density at radius 1 is 0.660 bits per heavy atom. The van der Waals surface area contributed by atoms with E-state index in [9.17, 15) is 10.2 Å². The molecular formula is C45H53N3O4S. The van der Waals surface area contributed by atoms with Gasteiger partial charge >= 0.3 is 0 Å². The van der Waals surface area contributed by atoms with E-state index in [-0.39, 0.29) is 0 Å². The van der Waals surface area contributed by atoms with Crippen LogP contribution in [0.5, 0.6) is 11.5 Å². The SMILES string of the molecule is CCCCN(CCCC)c1c2c(c(OC)c(OC)c1C(c1ccccc1)(c1ccccc1)c1ccccc1)Sc1ccccc1N2N(C(C)O)C(C)O. The first kappa shape index (κ1) is 38.3. The number of nitrogens with zero attached hydrogens (tertiary/aromatic N) is 3. The fourth-order valence-corrected chi connectivity index (χ4v) is 9.02. The van der Waals surface area contributed by atoms with Crippen LogP contribution in [0.4, 0.5) is 17.1 Å². The number of hydrogen-bond acceptors (Lipinski definition) is 8. The number of ether oxygens (including phenoxy) is 2. The topological polar surface area (TPSA) is 68.6 Å². The van der Waals surface area contributed by atoms with Crippen molar-refractivity contribution in [1.29, 1.82) is 0 Å². The van der Waals surface area contributed by atoms with Crippen molar-refractivity contribution >= 4 is 28.8 Å². The smallest absolute Gasteiger partial charge is 0.177 e. The third-order valence-corrected chi connectivity index (χ3v) is 11.3. The van der Waals surface area contributed by atoms with Crippen LogP contribution in [0.1, 0.15) is 75.6 Å². The van der Waals surface area contributed by atoms with E-state index in [2.05, 4.69) is 122 Å². The quantitative estimate of drug-likeness (QED) is 0.0768. The molecule has 2 N–H and O–H groups in total. The molecule has 0 radical (unpaired) electrons. The average Bonchev–Trinajstić information content (AvgIpc) is 3.19.